The molecule has 0 atom stereocenters. The summed E-state index contributed by atoms with van der Waals surface area (Å²) >= 11 is 0. The van der Waals surface area contributed by atoms with Crippen molar-refractivity contribution in [2.45, 2.75) is 0 Å². The van der Waals surface area contributed by atoms with Crippen molar-refractivity contribution in [1.29, 1.82) is 0 Å². The highest BCUT2D eigenvalue weighted by Gasteiger charge is 2.15. The monoisotopic (exact) mass is 288 g/mol. The molecule has 0 aliphatic heterocycles. The molecule has 0 saturated heterocycles. The van der Waals surface area contributed by atoms with Gasteiger partial charge in [0, 0.05) is 28.7 Å². The summed E-state index contributed by atoms with van der Waals surface area (Å²) in [4.78, 5) is 24.1. The number of hydrogen-bond donors (Lipinski definition) is 2. The second-order valence-electron chi connectivity index (χ2n) is 4.92. The van der Waals surface area contributed by atoms with E-state index in [1.54, 1.807) is 24.5 Å². The quantitative estimate of drug-likeness (QED) is 0.594. The number of nitrogens with one attached hydrogen (secondary N) is 2. The fourth-order valence-corrected chi connectivity index (χ4v) is 2.56. The molecular formula is C17H12N4O. The summed E-state index contributed by atoms with van der Waals surface area (Å²) < 4.78 is 0. The van der Waals surface area contributed by atoms with E-state index in [-0.39, 0.29) is 5.91 Å². The smallest absolute Gasteiger partial charge is 0.277 e. The number of H-pyrrole nitrogens is 1. The van der Waals surface area contributed by atoms with Crippen LogP contribution in [-0.4, -0.2) is 20.9 Å². The lowest BCUT2D eigenvalue weighted by molar-refractivity contribution is 0.102. The zero-order valence-electron chi connectivity index (χ0n) is 11.6. The molecule has 4 rings (SSSR count). The van der Waals surface area contributed by atoms with Crippen molar-refractivity contribution in [2.24, 2.45) is 0 Å². The molecule has 0 radical (unpaired) electrons. The van der Waals surface area contributed by atoms with Crippen molar-refractivity contribution in [3.05, 3.63) is 66.6 Å². The molecule has 3 aromatic heterocycles. The van der Waals surface area contributed by atoms with E-state index in [1.165, 1.54) is 0 Å². The number of para-hydroxylation sites is 1. The van der Waals surface area contributed by atoms with Gasteiger partial charge < -0.3 is 10.3 Å². The second kappa shape index (κ2) is 4.96. The van der Waals surface area contributed by atoms with Crippen molar-refractivity contribution in [2.75, 3.05) is 5.32 Å². The van der Waals surface area contributed by atoms with Crippen molar-refractivity contribution < 1.29 is 4.79 Å². The van der Waals surface area contributed by atoms with Crippen LogP contribution in [0.1, 0.15) is 10.5 Å². The highest BCUT2D eigenvalue weighted by Crippen LogP contribution is 2.26. The van der Waals surface area contributed by atoms with Gasteiger partial charge in [0.25, 0.3) is 5.91 Å². The molecule has 0 spiro atoms. The molecule has 0 aliphatic rings. The molecule has 5 heteroatoms. The topological polar surface area (TPSA) is 70.7 Å². The summed E-state index contributed by atoms with van der Waals surface area (Å²) in [6, 6.07) is 15.2. The number of fused-ring (bicyclic) bond motifs is 3. The van der Waals surface area contributed by atoms with Gasteiger partial charge in [0.2, 0.25) is 0 Å². The van der Waals surface area contributed by atoms with E-state index in [9.17, 15) is 4.79 Å². The minimum Gasteiger partial charge on any atom is -0.353 e. The third kappa shape index (κ3) is 2.00. The molecule has 0 bridgehead atoms. The maximum absolute atomic E-state index is 12.5. The minimum atomic E-state index is -0.282. The molecule has 2 N–H and O–H groups in total. The van der Waals surface area contributed by atoms with E-state index in [4.69, 9.17) is 0 Å². The van der Waals surface area contributed by atoms with E-state index >= 15 is 0 Å². The molecule has 3 heterocycles. The Morgan fingerprint density at radius 2 is 1.77 bits per heavy atom. The Hall–Kier alpha value is -3.21. The summed E-state index contributed by atoms with van der Waals surface area (Å²) in [6.07, 6.45) is 3.28. The van der Waals surface area contributed by atoms with Gasteiger partial charge in [0.05, 0.1) is 5.52 Å². The van der Waals surface area contributed by atoms with Gasteiger partial charge in [-0.3, -0.25) is 4.79 Å². The van der Waals surface area contributed by atoms with Crippen LogP contribution in [-0.2, 0) is 0 Å². The number of amides is 1. The number of carbonyl (C=O) groups is 1. The summed E-state index contributed by atoms with van der Waals surface area (Å²) in [5.41, 5.74) is 2.08. The molecule has 0 fully saturated rings. The van der Waals surface area contributed by atoms with E-state index in [0.717, 1.165) is 21.8 Å². The molecule has 0 aliphatic carbocycles. The van der Waals surface area contributed by atoms with Gasteiger partial charge >= 0.3 is 0 Å². The SMILES string of the molecule is O=C(Nc1ccccn1)c1nccc2c1[nH]c1ccccc12. The number of anilines is 1. The summed E-state index contributed by atoms with van der Waals surface area (Å²) in [5, 5.41) is 4.82. The Kier molecular flexibility index (Phi) is 2.83. The van der Waals surface area contributed by atoms with Gasteiger partial charge in [0.1, 0.15) is 5.82 Å². The first-order valence-corrected chi connectivity index (χ1v) is 6.91. The molecule has 1 aromatic carbocycles. The summed E-state index contributed by atoms with van der Waals surface area (Å²) in [7, 11) is 0. The molecule has 0 unspecified atom stereocenters. The number of benzene rings is 1. The largest absolute Gasteiger partial charge is 0.353 e. The average Bonchev–Trinajstić information content (AvgIpc) is 2.94. The second-order valence-corrected chi connectivity index (χ2v) is 4.92. The van der Waals surface area contributed by atoms with Gasteiger partial charge in [-0.05, 0) is 24.3 Å². The van der Waals surface area contributed by atoms with Crippen LogP contribution < -0.4 is 5.32 Å². The van der Waals surface area contributed by atoms with Crippen molar-refractivity contribution in [3.63, 3.8) is 0 Å². The van der Waals surface area contributed by atoms with Crippen LogP contribution in [0.4, 0.5) is 5.82 Å². The predicted molar refractivity (Wildman–Crippen MR) is 85.8 cm³/mol. The molecule has 22 heavy (non-hydrogen) atoms. The predicted octanol–water partition coefficient (Wildman–Crippen LogP) is 3.36. The Bertz CT molecular complexity index is 976. The maximum atomic E-state index is 12.5. The van der Waals surface area contributed by atoms with Crippen molar-refractivity contribution in [3.8, 4) is 0 Å². The lowest BCUT2D eigenvalue weighted by Crippen LogP contribution is -2.14. The molecular weight excluding hydrogens is 276 g/mol. The zero-order valence-corrected chi connectivity index (χ0v) is 11.6. The van der Waals surface area contributed by atoms with Crippen LogP contribution in [0.5, 0.6) is 0 Å². The van der Waals surface area contributed by atoms with E-state index in [2.05, 4.69) is 20.3 Å². The fraction of sp³-hybridized carbons (Fsp3) is 0. The van der Waals surface area contributed by atoms with Crippen LogP contribution in [0.3, 0.4) is 0 Å². The fourth-order valence-electron chi connectivity index (χ4n) is 2.56. The number of aromatic nitrogens is 3. The lowest BCUT2D eigenvalue weighted by atomic mass is 10.1. The maximum Gasteiger partial charge on any atom is 0.277 e. The molecule has 5 nitrogen and oxygen atoms in total. The standard InChI is InChI=1S/C17H12N4O/c22-17(21-14-7-3-4-9-18-14)16-15-12(8-10-19-16)11-5-1-2-6-13(11)20-15/h1-10,20H,(H,18,21,22). The Morgan fingerprint density at radius 1 is 0.909 bits per heavy atom. The number of rotatable bonds is 2. The van der Waals surface area contributed by atoms with Gasteiger partial charge in [0.15, 0.2) is 5.69 Å². The molecule has 4 aromatic rings. The number of nitrogens with zero attached hydrogens (tertiary/aromatic N) is 2. The third-order valence-corrected chi connectivity index (χ3v) is 3.55. The molecule has 1 amide bonds. The van der Waals surface area contributed by atoms with Crippen molar-refractivity contribution in [1.82, 2.24) is 15.0 Å². The number of carbonyl (C=O) groups excluding carboxylic acids is 1. The van der Waals surface area contributed by atoms with Crippen LogP contribution in [0.25, 0.3) is 21.8 Å². The lowest BCUT2D eigenvalue weighted by Gasteiger charge is -2.04. The number of aromatic amines is 1. The van der Waals surface area contributed by atoms with E-state index in [0.29, 0.717) is 11.5 Å². The average molecular weight is 288 g/mol. The van der Waals surface area contributed by atoms with Crippen LogP contribution in [0.15, 0.2) is 60.9 Å². The molecule has 106 valence electrons. The Morgan fingerprint density at radius 3 is 2.64 bits per heavy atom. The first-order valence-electron chi connectivity index (χ1n) is 6.91. The van der Waals surface area contributed by atoms with Crippen LogP contribution >= 0.6 is 0 Å². The van der Waals surface area contributed by atoms with Gasteiger partial charge in [-0.2, -0.15) is 0 Å². The normalized spacial score (nSPS) is 10.9. The Labute approximate surface area is 126 Å². The van der Waals surface area contributed by atoms with Gasteiger partial charge in [-0.15, -0.1) is 0 Å². The highest BCUT2D eigenvalue weighted by molar-refractivity contribution is 6.16. The van der Waals surface area contributed by atoms with E-state index < -0.39 is 0 Å². The molecule has 0 saturated carbocycles. The van der Waals surface area contributed by atoms with Crippen LogP contribution in [0, 0.1) is 0 Å². The number of pyridine rings is 2. The first kappa shape index (κ1) is 12.5. The first-order chi connectivity index (χ1) is 10.8. The number of hydrogen-bond acceptors (Lipinski definition) is 3. The minimum absolute atomic E-state index is 0.282. The summed E-state index contributed by atoms with van der Waals surface area (Å²) in [6.45, 7) is 0. The summed E-state index contributed by atoms with van der Waals surface area (Å²) in [5.74, 6) is 0.221. The van der Waals surface area contributed by atoms with Crippen LogP contribution in [0.2, 0.25) is 0 Å². The van der Waals surface area contributed by atoms with E-state index in [1.807, 2.05) is 36.4 Å². The van der Waals surface area contributed by atoms with Gasteiger partial charge in [-0.1, -0.05) is 24.3 Å². The Balaban J connectivity index is 1.83. The van der Waals surface area contributed by atoms with Gasteiger partial charge in [-0.25, -0.2) is 9.97 Å². The third-order valence-electron chi connectivity index (χ3n) is 3.55. The van der Waals surface area contributed by atoms with Crippen molar-refractivity contribution >= 4 is 33.5 Å². The zero-order chi connectivity index (χ0) is 14.9. The highest BCUT2D eigenvalue weighted by atomic mass is 16.1.